The van der Waals surface area contributed by atoms with Crippen molar-refractivity contribution in [1.29, 1.82) is 0 Å². The topological polar surface area (TPSA) is 90.1 Å². The Labute approximate surface area is 123 Å². The number of ether oxygens (including phenoxy) is 1. The van der Waals surface area contributed by atoms with Gasteiger partial charge in [-0.25, -0.2) is 4.79 Å². The van der Waals surface area contributed by atoms with E-state index in [2.05, 4.69) is 20.9 Å². The number of rotatable bonds is 5. The maximum Gasteiger partial charge on any atom is 0.328 e. The van der Waals surface area contributed by atoms with Gasteiger partial charge in [0.1, 0.15) is 5.75 Å². The molecule has 0 aliphatic heterocycles. The van der Waals surface area contributed by atoms with Gasteiger partial charge in [0.05, 0.1) is 11.1 Å². The molecule has 6 nitrogen and oxygen atoms in total. The second kappa shape index (κ2) is 6.42. The summed E-state index contributed by atoms with van der Waals surface area (Å²) in [6.45, 7) is 0.927. The molecule has 0 saturated carbocycles. The zero-order chi connectivity index (χ0) is 14.5. The molecule has 20 heavy (non-hydrogen) atoms. The molecule has 1 aromatic heterocycles. The number of aromatic amines is 1. The van der Waals surface area contributed by atoms with Crippen molar-refractivity contribution in [3.63, 3.8) is 0 Å². The number of nitrogens with zero attached hydrogens (tertiary/aromatic N) is 1. The lowest BCUT2D eigenvalue weighted by Gasteiger charge is -2.08. The number of halogens is 1. The summed E-state index contributed by atoms with van der Waals surface area (Å²) >= 11 is 3.09. The van der Waals surface area contributed by atoms with Crippen molar-refractivity contribution in [2.75, 3.05) is 12.3 Å². The highest BCUT2D eigenvalue weighted by atomic mass is 79.9. The summed E-state index contributed by atoms with van der Waals surface area (Å²) in [5.41, 5.74) is 5.40. The van der Waals surface area contributed by atoms with Gasteiger partial charge in [-0.05, 0) is 46.6 Å². The lowest BCUT2D eigenvalue weighted by atomic mass is 10.3. The van der Waals surface area contributed by atoms with E-state index in [1.807, 2.05) is 0 Å². The Morgan fingerprint density at radius 2 is 1.95 bits per heavy atom. The molecule has 2 aromatic rings. The van der Waals surface area contributed by atoms with Gasteiger partial charge in [0.25, 0.3) is 5.56 Å². The van der Waals surface area contributed by atoms with Crippen LogP contribution in [0, 0.1) is 0 Å². The fourth-order valence-corrected chi connectivity index (χ4v) is 1.98. The van der Waals surface area contributed by atoms with Crippen molar-refractivity contribution >= 4 is 21.6 Å². The van der Waals surface area contributed by atoms with Crippen LogP contribution in [0.4, 0.5) is 5.69 Å². The van der Waals surface area contributed by atoms with E-state index in [0.717, 1.165) is 5.75 Å². The Morgan fingerprint density at radius 1 is 1.25 bits per heavy atom. The van der Waals surface area contributed by atoms with Crippen molar-refractivity contribution < 1.29 is 4.74 Å². The van der Waals surface area contributed by atoms with Crippen LogP contribution in [-0.4, -0.2) is 16.2 Å². The molecule has 0 fully saturated rings. The number of aryl methyl sites for hydroxylation is 1. The summed E-state index contributed by atoms with van der Waals surface area (Å²) in [6, 6.07) is 7.11. The van der Waals surface area contributed by atoms with Gasteiger partial charge in [-0.15, -0.1) is 0 Å². The molecule has 0 radical (unpaired) electrons. The highest BCUT2D eigenvalue weighted by molar-refractivity contribution is 9.10. The third-order valence-corrected chi connectivity index (χ3v) is 3.22. The van der Waals surface area contributed by atoms with Crippen molar-refractivity contribution in [3.05, 3.63) is 55.8 Å². The first-order valence-electron chi connectivity index (χ1n) is 6.04. The zero-order valence-corrected chi connectivity index (χ0v) is 12.2. The fourth-order valence-electron chi connectivity index (χ4n) is 1.64. The highest BCUT2D eigenvalue weighted by Crippen LogP contribution is 2.13. The van der Waals surface area contributed by atoms with Crippen molar-refractivity contribution in [1.82, 2.24) is 9.55 Å². The van der Waals surface area contributed by atoms with Gasteiger partial charge in [0.2, 0.25) is 0 Å². The van der Waals surface area contributed by atoms with E-state index in [0.29, 0.717) is 29.7 Å². The Bertz CT molecular complexity index is 691. The van der Waals surface area contributed by atoms with Crippen LogP contribution in [-0.2, 0) is 6.54 Å². The second-order valence-corrected chi connectivity index (χ2v) is 5.06. The molecular weight excluding hydrogens is 326 g/mol. The second-order valence-electron chi connectivity index (χ2n) is 4.20. The van der Waals surface area contributed by atoms with Gasteiger partial charge >= 0.3 is 5.69 Å². The number of nitrogens with two attached hydrogens (primary N) is 1. The molecule has 0 bridgehead atoms. The van der Waals surface area contributed by atoms with Gasteiger partial charge in [0.15, 0.2) is 0 Å². The molecule has 1 heterocycles. The van der Waals surface area contributed by atoms with E-state index >= 15 is 0 Å². The van der Waals surface area contributed by atoms with Gasteiger partial charge in [-0.3, -0.25) is 14.3 Å². The summed E-state index contributed by atoms with van der Waals surface area (Å²) in [6.07, 6.45) is 2.12. The standard InChI is InChI=1S/C13H14BrN3O3/c14-11-8-17(13(19)16-12(11)18)6-1-7-20-10-4-2-9(15)3-5-10/h2-5,8H,1,6-7,15H2,(H,16,18,19). The molecule has 0 spiro atoms. The van der Waals surface area contributed by atoms with Gasteiger partial charge in [-0.2, -0.15) is 0 Å². The van der Waals surface area contributed by atoms with E-state index in [1.54, 1.807) is 24.3 Å². The van der Waals surface area contributed by atoms with Gasteiger partial charge in [0, 0.05) is 18.4 Å². The third kappa shape index (κ3) is 3.74. The van der Waals surface area contributed by atoms with E-state index < -0.39 is 11.2 Å². The largest absolute Gasteiger partial charge is 0.494 e. The number of nitrogens with one attached hydrogen (secondary N) is 1. The quantitative estimate of drug-likeness (QED) is 0.635. The molecule has 0 atom stereocenters. The van der Waals surface area contributed by atoms with Crippen LogP contribution >= 0.6 is 15.9 Å². The number of nitrogen functional groups attached to an aromatic ring is 1. The van der Waals surface area contributed by atoms with Crippen LogP contribution in [0.3, 0.4) is 0 Å². The number of H-pyrrole nitrogens is 1. The minimum absolute atomic E-state index is 0.330. The normalized spacial score (nSPS) is 10.4. The average Bonchev–Trinajstić information content (AvgIpc) is 2.42. The van der Waals surface area contributed by atoms with E-state index in [4.69, 9.17) is 10.5 Å². The van der Waals surface area contributed by atoms with Crippen molar-refractivity contribution in [3.8, 4) is 5.75 Å². The van der Waals surface area contributed by atoms with Crippen LogP contribution in [0.5, 0.6) is 5.75 Å². The Hall–Kier alpha value is -2.02. The van der Waals surface area contributed by atoms with E-state index in [-0.39, 0.29) is 0 Å². The molecule has 0 unspecified atom stereocenters. The van der Waals surface area contributed by atoms with Crippen LogP contribution < -0.4 is 21.7 Å². The summed E-state index contributed by atoms with van der Waals surface area (Å²) in [5.74, 6) is 0.731. The maximum atomic E-state index is 11.5. The van der Waals surface area contributed by atoms with E-state index in [9.17, 15) is 9.59 Å². The number of aromatic nitrogens is 2. The summed E-state index contributed by atoms with van der Waals surface area (Å²) in [7, 11) is 0. The first-order valence-corrected chi connectivity index (χ1v) is 6.83. The predicted octanol–water partition coefficient (Wildman–Crippen LogP) is 1.35. The molecule has 0 amide bonds. The first kappa shape index (κ1) is 14.4. The van der Waals surface area contributed by atoms with Crippen LogP contribution in [0.1, 0.15) is 6.42 Å². The average molecular weight is 340 g/mol. The molecule has 106 valence electrons. The maximum absolute atomic E-state index is 11.5. The molecule has 0 saturated heterocycles. The molecule has 7 heteroatoms. The molecule has 1 aromatic carbocycles. The molecule has 2 rings (SSSR count). The van der Waals surface area contributed by atoms with E-state index in [1.165, 1.54) is 10.8 Å². The van der Waals surface area contributed by atoms with Crippen LogP contribution in [0.25, 0.3) is 0 Å². The SMILES string of the molecule is Nc1ccc(OCCCn2cc(Br)c(=O)[nH]c2=O)cc1. The smallest absolute Gasteiger partial charge is 0.328 e. The van der Waals surface area contributed by atoms with Gasteiger partial charge < -0.3 is 10.5 Å². The molecule has 3 N–H and O–H groups in total. The molecular formula is C13H14BrN3O3. The third-order valence-electron chi connectivity index (χ3n) is 2.66. The number of anilines is 1. The Kier molecular flexibility index (Phi) is 4.62. The summed E-state index contributed by atoms with van der Waals surface area (Å²) < 4.78 is 7.28. The number of hydrogen-bond acceptors (Lipinski definition) is 4. The van der Waals surface area contributed by atoms with Crippen LogP contribution in [0.2, 0.25) is 0 Å². The molecule has 0 aliphatic carbocycles. The summed E-state index contributed by atoms with van der Waals surface area (Å²) in [5, 5.41) is 0. The summed E-state index contributed by atoms with van der Waals surface area (Å²) in [4.78, 5) is 24.9. The number of hydrogen-bond donors (Lipinski definition) is 2. The lowest BCUT2D eigenvalue weighted by molar-refractivity contribution is 0.300. The fraction of sp³-hybridized carbons (Fsp3) is 0.231. The van der Waals surface area contributed by atoms with Crippen molar-refractivity contribution in [2.45, 2.75) is 13.0 Å². The number of benzene rings is 1. The first-order chi connectivity index (χ1) is 9.56. The van der Waals surface area contributed by atoms with Crippen LogP contribution in [0.15, 0.2) is 44.5 Å². The van der Waals surface area contributed by atoms with Gasteiger partial charge in [-0.1, -0.05) is 0 Å². The Balaban J connectivity index is 1.87. The Morgan fingerprint density at radius 3 is 2.65 bits per heavy atom. The minimum Gasteiger partial charge on any atom is -0.494 e. The van der Waals surface area contributed by atoms with Crippen molar-refractivity contribution in [2.24, 2.45) is 0 Å². The monoisotopic (exact) mass is 339 g/mol. The highest BCUT2D eigenvalue weighted by Gasteiger charge is 2.02. The lowest BCUT2D eigenvalue weighted by Crippen LogP contribution is -2.30. The molecule has 0 aliphatic rings. The zero-order valence-electron chi connectivity index (χ0n) is 10.6. The minimum atomic E-state index is -0.427. The predicted molar refractivity (Wildman–Crippen MR) is 80.0 cm³/mol.